The molecule has 1 heterocycles. The van der Waals surface area contributed by atoms with Crippen LogP contribution in [-0.2, 0) is 24.5 Å². The van der Waals surface area contributed by atoms with Gasteiger partial charge in [0, 0.05) is 0 Å². The summed E-state index contributed by atoms with van der Waals surface area (Å²) >= 11 is 0. The Balaban J connectivity index is 1.61. The Hall–Kier alpha value is -3.61. The number of rotatable bonds is 7. The lowest BCUT2D eigenvalue weighted by Crippen LogP contribution is -2.47. The highest BCUT2D eigenvalue weighted by atomic mass is 16.5. The molecule has 2 aromatic carbocycles. The van der Waals surface area contributed by atoms with Crippen LogP contribution < -0.4 is 10.6 Å². The van der Waals surface area contributed by atoms with Crippen molar-refractivity contribution in [3.05, 3.63) is 83.1 Å². The van der Waals surface area contributed by atoms with E-state index in [4.69, 9.17) is 9.47 Å². The van der Waals surface area contributed by atoms with Crippen LogP contribution in [0.15, 0.2) is 71.9 Å². The maximum atomic E-state index is 12.9. The van der Waals surface area contributed by atoms with Gasteiger partial charge in [0.15, 0.2) is 0 Å². The number of ether oxygens (including phenoxy) is 2. The number of benzene rings is 2. The lowest BCUT2D eigenvalue weighted by atomic mass is 9.95. The molecular formula is C24H24N2O5. The predicted molar refractivity (Wildman–Crippen MR) is 113 cm³/mol. The molecule has 1 aliphatic carbocycles. The minimum absolute atomic E-state index is 0.183. The van der Waals surface area contributed by atoms with E-state index in [0.29, 0.717) is 12.8 Å². The second-order valence-corrected chi connectivity index (χ2v) is 7.58. The van der Waals surface area contributed by atoms with Gasteiger partial charge in [-0.3, -0.25) is 4.79 Å². The van der Waals surface area contributed by atoms with Gasteiger partial charge in [0.05, 0.1) is 29.3 Å². The summed E-state index contributed by atoms with van der Waals surface area (Å²) in [7, 11) is 0. The third-order valence-corrected chi connectivity index (χ3v) is 5.60. The van der Waals surface area contributed by atoms with E-state index in [1.165, 1.54) is 0 Å². The van der Waals surface area contributed by atoms with Crippen molar-refractivity contribution in [3.63, 3.8) is 0 Å². The lowest BCUT2D eigenvalue weighted by molar-refractivity contribution is -0.146. The highest BCUT2D eigenvalue weighted by Crippen LogP contribution is 2.49. The van der Waals surface area contributed by atoms with Crippen molar-refractivity contribution in [2.45, 2.75) is 31.2 Å². The largest absolute Gasteiger partial charge is 0.463 e. The Kier molecular flexibility index (Phi) is 5.75. The average Bonchev–Trinajstić information content (AvgIpc) is 3.60. The van der Waals surface area contributed by atoms with Crippen molar-refractivity contribution in [2.24, 2.45) is 0 Å². The summed E-state index contributed by atoms with van der Waals surface area (Å²) in [6.07, 6.45) is 1.42. The van der Waals surface area contributed by atoms with Gasteiger partial charge in [-0.15, -0.1) is 0 Å². The molecule has 1 atom stereocenters. The summed E-state index contributed by atoms with van der Waals surface area (Å²) < 4.78 is 10.8. The van der Waals surface area contributed by atoms with Gasteiger partial charge in [0.2, 0.25) is 0 Å². The first-order chi connectivity index (χ1) is 15.0. The molecule has 160 valence electrons. The number of carbonyl (C=O) groups is 3. The van der Waals surface area contributed by atoms with E-state index in [1.54, 1.807) is 6.92 Å². The molecule has 7 nitrogen and oxygen atoms in total. The van der Waals surface area contributed by atoms with Gasteiger partial charge >= 0.3 is 18.0 Å². The summed E-state index contributed by atoms with van der Waals surface area (Å²) in [5.41, 5.74) is 1.45. The number of nitrogens with one attached hydrogen (secondary N) is 2. The van der Waals surface area contributed by atoms with Crippen molar-refractivity contribution < 1.29 is 23.9 Å². The standard InChI is InChI=1S/C24H24N2O5/c1-2-30-21(27)19-18(25-23(29)26-20(19)16-9-5-3-6-10-16)15-31-22(28)24(13-14-24)17-11-7-4-8-12-17/h3-12,20H,2,13-15H2,1H3,(H2,25,26,29). The van der Waals surface area contributed by atoms with E-state index in [9.17, 15) is 14.4 Å². The minimum atomic E-state index is -0.702. The molecule has 31 heavy (non-hydrogen) atoms. The van der Waals surface area contributed by atoms with Gasteiger partial charge in [0.1, 0.15) is 6.61 Å². The van der Waals surface area contributed by atoms with Crippen LogP contribution in [0.5, 0.6) is 0 Å². The number of carbonyl (C=O) groups excluding carboxylic acids is 3. The molecule has 2 N–H and O–H groups in total. The second-order valence-electron chi connectivity index (χ2n) is 7.58. The monoisotopic (exact) mass is 420 g/mol. The van der Waals surface area contributed by atoms with Crippen molar-refractivity contribution in [3.8, 4) is 0 Å². The molecule has 0 bridgehead atoms. The second kappa shape index (κ2) is 8.63. The first kappa shape index (κ1) is 20.7. The molecule has 1 unspecified atom stereocenters. The van der Waals surface area contributed by atoms with Crippen molar-refractivity contribution in [1.29, 1.82) is 0 Å². The Labute approximate surface area is 180 Å². The van der Waals surface area contributed by atoms with Gasteiger partial charge in [-0.05, 0) is 30.9 Å². The fourth-order valence-corrected chi connectivity index (χ4v) is 3.85. The van der Waals surface area contributed by atoms with Crippen LogP contribution in [0.25, 0.3) is 0 Å². The summed E-state index contributed by atoms with van der Waals surface area (Å²) in [5, 5.41) is 5.38. The summed E-state index contributed by atoms with van der Waals surface area (Å²) in [6, 6.07) is 17.4. The highest BCUT2D eigenvalue weighted by molar-refractivity contribution is 5.95. The fraction of sp³-hybridized carbons (Fsp3) is 0.292. The third-order valence-electron chi connectivity index (χ3n) is 5.60. The molecule has 4 rings (SSSR count). The van der Waals surface area contributed by atoms with E-state index < -0.39 is 23.5 Å². The topological polar surface area (TPSA) is 93.7 Å². The van der Waals surface area contributed by atoms with Crippen LogP contribution in [0.1, 0.15) is 36.9 Å². The number of amides is 2. The van der Waals surface area contributed by atoms with Crippen LogP contribution in [0.3, 0.4) is 0 Å². The highest BCUT2D eigenvalue weighted by Gasteiger charge is 2.52. The number of hydrogen-bond acceptors (Lipinski definition) is 5. The van der Waals surface area contributed by atoms with Crippen molar-refractivity contribution in [1.82, 2.24) is 10.6 Å². The van der Waals surface area contributed by atoms with Gasteiger partial charge in [-0.1, -0.05) is 60.7 Å². The summed E-state index contributed by atoms with van der Waals surface area (Å²) in [5.74, 6) is -0.933. The number of hydrogen-bond donors (Lipinski definition) is 2. The molecule has 2 amide bonds. The van der Waals surface area contributed by atoms with Crippen LogP contribution in [0.2, 0.25) is 0 Å². The maximum Gasteiger partial charge on any atom is 0.338 e. The molecule has 1 aliphatic heterocycles. The quantitative estimate of drug-likeness (QED) is 0.672. The van der Waals surface area contributed by atoms with Gasteiger partial charge in [0.25, 0.3) is 0 Å². The van der Waals surface area contributed by atoms with Crippen LogP contribution in [0, 0.1) is 0 Å². The van der Waals surface area contributed by atoms with Gasteiger partial charge in [-0.2, -0.15) is 0 Å². The minimum Gasteiger partial charge on any atom is -0.463 e. The molecule has 2 aromatic rings. The van der Waals surface area contributed by atoms with Gasteiger partial charge in [-0.25, -0.2) is 9.59 Å². The van der Waals surface area contributed by atoms with E-state index in [2.05, 4.69) is 10.6 Å². The molecule has 0 radical (unpaired) electrons. The van der Waals surface area contributed by atoms with Crippen LogP contribution >= 0.6 is 0 Å². The molecule has 0 saturated heterocycles. The maximum absolute atomic E-state index is 12.9. The zero-order valence-corrected chi connectivity index (χ0v) is 17.2. The molecule has 2 aliphatic rings. The molecule has 0 spiro atoms. The van der Waals surface area contributed by atoms with E-state index in [-0.39, 0.29) is 30.5 Å². The third kappa shape index (κ3) is 4.17. The molecule has 0 aromatic heterocycles. The van der Waals surface area contributed by atoms with Crippen molar-refractivity contribution >= 4 is 18.0 Å². The average molecular weight is 420 g/mol. The lowest BCUT2D eigenvalue weighted by Gasteiger charge is -2.29. The Morgan fingerprint density at radius 2 is 1.65 bits per heavy atom. The van der Waals surface area contributed by atoms with E-state index >= 15 is 0 Å². The first-order valence-corrected chi connectivity index (χ1v) is 10.3. The molecule has 1 fully saturated rings. The molecular weight excluding hydrogens is 396 g/mol. The van der Waals surface area contributed by atoms with Crippen molar-refractivity contribution in [2.75, 3.05) is 13.2 Å². The van der Waals surface area contributed by atoms with Crippen LogP contribution in [-0.4, -0.2) is 31.2 Å². The SMILES string of the molecule is CCOC(=O)C1=C(COC(=O)C2(c3ccccc3)CC2)NC(=O)NC1c1ccccc1. The Morgan fingerprint density at radius 3 is 2.26 bits per heavy atom. The van der Waals surface area contributed by atoms with E-state index in [0.717, 1.165) is 11.1 Å². The number of urea groups is 1. The Morgan fingerprint density at radius 1 is 1.00 bits per heavy atom. The predicted octanol–water partition coefficient (Wildman–Crippen LogP) is 3.13. The summed E-state index contributed by atoms with van der Waals surface area (Å²) in [6.45, 7) is 1.67. The van der Waals surface area contributed by atoms with E-state index in [1.807, 2.05) is 60.7 Å². The number of esters is 2. The normalized spacial score (nSPS) is 19.1. The fourth-order valence-electron chi connectivity index (χ4n) is 3.85. The van der Waals surface area contributed by atoms with Crippen LogP contribution in [0.4, 0.5) is 4.79 Å². The van der Waals surface area contributed by atoms with Gasteiger partial charge < -0.3 is 20.1 Å². The summed E-state index contributed by atoms with van der Waals surface area (Å²) in [4.78, 5) is 38.0. The smallest absolute Gasteiger partial charge is 0.338 e. The zero-order valence-electron chi connectivity index (χ0n) is 17.2. The Bertz CT molecular complexity index is 1010. The zero-order chi connectivity index (χ0) is 21.8. The molecule has 1 saturated carbocycles. The molecule has 7 heteroatoms. The first-order valence-electron chi connectivity index (χ1n) is 10.3.